The summed E-state index contributed by atoms with van der Waals surface area (Å²) in [6.07, 6.45) is 4.39. The van der Waals surface area contributed by atoms with Crippen molar-refractivity contribution in [1.82, 2.24) is 4.90 Å². The van der Waals surface area contributed by atoms with Crippen LogP contribution in [0.15, 0.2) is 42.5 Å². The van der Waals surface area contributed by atoms with Crippen LogP contribution in [-0.2, 0) is 9.59 Å². The molecule has 4 unspecified atom stereocenters. The van der Waals surface area contributed by atoms with Crippen molar-refractivity contribution in [1.29, 1.82) is 0 Å². The number of aliphatic hydroxyl groups excluding tert-OH is 1. The summed E-state index contributed by atoms with van der Waals surface area (Å²) in [6.45, 7) is 22.7. The highest BCUT2D eigenvalue weighted by Crippen LogP contribution is 2.71. The molecule has 1 N–H and O–H groups in total. The van der Waals surface area contributed by atoms with Crippen LogP contribution in [0, 0.1) is 27.6 Å². The molecule has 1 aromatic rings. The summed E-state index contributed by atoms with van der Waals surface area (Å²) in [7, 11) is 4.17. The van der Waals surface area contributed by atoms with Crippen LogP contribution in [0.1, 0.15) is 98.7 Å². The van der Waals surface area contributed by atoms with E-state index in [1.165, 1.54) is 17.7 Å². The number of hydrogen-bond acceptors (Lipinski definition) is 3. The third-order valence-corrected chi connectivity index (χ3v) is 10.5. The summed E-state index contributed by atoms with van der Waals surface area (Å²) in [5, 5.41) is 10.6. The maximum Gasteiger partial charge on any atom is 0.233 e. The van der Waals surface area contributed by atoms with E-state index in [-0.39, 0.29) is 39.4 Å². The first kappa shape index (κ1) is 31.5. The normalized spacial score (nSPS) is 26.7. The van der Waals surface area contributed by atoms with E-state index in [2.05, 4.69) is 69.1 Å². The van der Waals surface area contributed by atoms with Gasteiger partial charge in [0.05, 0.1) is 26.6 Å². The molecule has 0 bridgehead atoms. The van der Waals surface area contributed by atoms with Crippen LogP contribution in [0.4, 0.5) is 0 Å². The second-order valence-corrected chi connectivity index (χ2v) is 15.6. The van der Waals surface area contributed by atoms with E-state index >= 15 is 0 Å². The molecule has 5 heteroatoms. The summed E-state index contributed by atoms with van der Waals surface area (Å²) in [6, 6.07) is 9.70. The van der Waals surface area contributed by atoms with E-state index in [9.17, 15) is 14.7 Å². The molecular weight excluding hydrogens is 484 g/mol. The number of likely N-dealkylation sites (N-methyl/N-ethyl adjacent to an activating group) is 1. The lowest BCUT2D eigenvalue weighted by molar-refractivity contribution is -0.894. The number of hydrogen-bond donors (Lipinski definition) is 1. The zero-order valence-corrected chi connectivity index (χ0v) is 26.3. The molecule has 39 heavy (non-hydrogen) atoms. The van der Waals surface area contributed by atoms with E-state index in [4.69, 9.17) is 0 Å². The highest BCUT2D eigenvalue weighted by atomic mass is 16.3. The van der Waals surface area contributed by atoms with E-state index < -0.39 is 6.10 Å². The molecule has 0 spiro atoms. The van der Waals surface area contributed by atoms with Gasteiger partial charge >= 0.3 is 0 Å². The van der Waals surface area contributed by atoms with E-state index in [1.54, 1.807) is 0 Å². The van der Waals surface area contributed by atoms with Crippen molar-refractivity contribution >= 4 is 11.8 Å². The highest BCUT2D eigenvalue weighted by Gasteiger charge is 2.62. The number of nitrogens with zero attached hydrogens (tertiary/aromatic N) is 2. The number of aliphatic hydroxyl groups is 1. The van der Waals surface area contributed by atoms with Crippen molar-refractivity contribution in [2.24, 2.45) is 27.6 Å². The summed E-state index contributed by atoms with van der Waals surface area (Å²) >= 11 is 0. The van der Waals surface area contributed by atoms with Crippen molar-refractivity contribution in [3.63, 3.8) is 0 Å². The van der Waals surface area contributed by atoms with Crippen LogP contribution in [0.3, 0.4) is 0 Å². The van der Waals surface area contributed by atoms with Gasteiger partial charge in [-0.15, -0.1) is 0 Å². The molecule has 0 radical (unpaired) electrons. The predicted octanol–water partition coefficient (Wildman–Crippen LogP) is 6.78. The first-order valence-corrected chi connectivity index (χ1v) is 14.9. The Hall–Kier alpha value is -1.98. The van der Waals surface area contributed by atoms with Gasteiger partial charge in [0.25, 0.3) is 0 Å². The van der Waals surface area contributed by atoms with Gasteiger partial charge in [-0.2, -0.15) is 0 Å². The average molecular weight is 540 g/mol. The van der Waals surface area contributed by atoms with Crippen LogP contribution < -0.4 is 0 Å². The maximum absolute atomic E-state index is 13.2. The van der Waals surface area contributed by atoms with Gasteiger partial charge in [-0.1, -0.05) is 91.0 Å². The van der Waals surface area contributed by atoms with Crippen molar-refractivity contribution < 1.29 is 19.2 Å². The van der Waals surface area contributed by atoms with E-state index in [1.807, 2.05) is 30.3 Å². The number of carbonyl (C=O) groups excluding carboxylic acids is 2. The number of rotatable bonds is 13. The molecule has 1 aliphatic heterocycles. The van der Waals surface area contributed by atoms with Crippen molar-refractivity contribution in [2.45, 2.75) is 93.1 Å². The Morgan fingerprint density at radius 1 is 1.10 bits per heavy atom. The third-order valence-electron chi connectivity index (χ3n) is 10.5. The van der Waals surface area contributed by atoms with Crippen LogP contribution in [0.5, 0.6) is 0 Å². The highest BCUT2D eigenvalue weighted by molar-refractivity contribution is 6.03. The van der Waals surface area contributed by atoms with Crippen LogP contribution in [-0.4, -0.2) is 60.0 Å². The molecule has 2 amide bonds. The lowest BCUT2D eigenvalue weighted by Gasteiger charge is -2.42. The molecule has 5 nitrogen and oxygen atoms in total. The Morgan fingerprint density at radius 3 is 2.31 bits per heavy atom. The first-order chi connectivity index (χ1) is 17.8. The standard InChI is InChI=1S/C34H55N2O3/c1-25(21-33(7)24-34(33,8)23-32(5,6)31(2,3)4)19-27-20-29(38)35(30(27)39)17-14-18-36(9,10)22-28(37)26-15-12-11-13-16-26/h11-13,15-16,27-28,37H,1,14,17-24H2,2-10H3/q+1. The smallest absolute Gasteiger partial charge is 0.233 e. The van der Waals surface area contributed by atoms with Gasteiger partial charge in [-0.25, -0.2) is 0 Å². The topological polar surface area (TPSA) is 57.6 Å². The molecule has 4 atom stereocenters. The number of benzene rings is 1. The largest absolute Gasteiger partial charge is 0.382 e. The van der Waals surface area contributed by atoms with Crippen molar-refractivity contribution in [3.05, 3.63) is 48.0 Å². The number of quaternary nitrogens is 1. The minimum atomic E-state index is -0.540. The molecule has 2 fully saturated rings. The lowest BCUT2D eigenvalue weighted by atomic mass is 9.63. The molecule has 1 aromatic carbocycles. The Balaban J connectivity index is 1.47. The Morgan fingerprint density at radius 2 is 1.72 bits per heavy atom. The first-order valence-electron chi connectivity index (χ1n) is 14.9. The van der Waals surface area contributed by atoms with Gasteiger partial charge in [0.2, 0.25) is 11.8 Å². The lowest BCUT2D eigenvalue weighted by Crippen LogP contribution is -2.45. The number of imide groups is 1. The Kier molecular flexibility index (Phi) is 9.00. The van der Waals surface area contributed by atoms with E-state index in [0.717, 1.165) is 30.5 Å². The molecular formula is C34H55N2O3+. The van der Waals surface area contributed by atoms with Gasteiger partial charge in [-0.3, -0.25) is 14.5 Å². The second kappa shape index (κ2) is 11.1. The Bertz CT molecular complexity index is 1050. The zero-order valence-electron chi connectivity index (χ0n) is 26.3. The zero-order chi connectivity index (χ0) is 29.4. The van der Waals surface area contributed by atoms with E-state index in [0.29, 0.717) is 30.4 Å². The summed E-state index contributed by atoms with van der Waals surface area (Å²) in [4.78, 5) is 27.4. The quantitative estimate of drug-likeness (QED) is 0.171. The van der Waals surface area contributed by atoms with Crippen LogP contribution in [0.2, 0.25) is 0 Å². The molecule has 2 aliphatic rings. The fourth-order valence-electron chi connectivity index (χ4n) is 6.72. The third kappa shape index (κ3) is 7.41. The minimum Gasteiger partial charge on any atom is -0.382 e. The van der Waals surface area contributed by atoms with Gasteiger partial charge < -0.3 is 9.59 Å². The fourth-order valence-corrected chi connectivity index (χ4v) is 6.72. The second-order valence-electron chi connectivity index (χ2n) is 15.6. The fraction of sp³-hybridized carbons (Fsp3) is 0.706. The molecule has 1 heterocycles. The van der Waals surface area contributed by atoms with Crippen molar-refractivity contribution in [2.75, 3.05) is 33.7 Å². The molecule has 0 aromatic heterocycles. The number of allylic oxidation sites excluding steroid dienone is 1. The number of carbonyl (C=O) groups is 2. The van der Waals surface area contributed by atoms with Crippen LogP contribution >= 0.6 is 0 Å². The molecule has 1 aliphatic carbocycles. The molecule has 3 rings (SSSR count). The average Bonchev–Trinajstić information content (AvgIpc) is 3.20. The summed E-state index contributed by atoms with van der Waals surface area (Å²) in [5.74, 6) is -0.359. The number of likely N-dealkylation sites (tertiary alicyclic amines) is 1. The molecule has 1 saturated heterocycles. The van der Waals surface area contributed by atoms with Gasteiger partial charge in [0.15, 0.2) is 0 Å². The van der Waals surface area contributed by atoms with Gasteiger partial charge in [0.1, 0.15) is 12.6 Å². The SMILES string of the molecule is C=C(CC1CC(=O)N(CCC[N+](C)(C)CC(O)c2ccccc2)C1=O)CC1(C)CC1(C)CC(C)(C)C(C)(C)C. The monoisotopic (exact) mass is 539 g/mol. The van der Waals surface area contributed by atoms with Crippen LogP contribution in [0.25, 0.3) is 0 Å². The summed E-state index contributed by atoms with van der Waals surface area (Å²) < 4.78 is 0.621. The van der Waals surface area contributed by atoms with Gasteiger partial charge in [-0.05, 0) is 52.9 Å². The molecule has 1 saturated carbocycles. The minimum absolute atomic E-state index is 0.0339. The number of amides is 2. The predicted molar refractivity (Wildman–Crippen MR) is 160 cm³/mol. The molecule has 218 valence electrons. The summed E-state index contributed by atoms with van der Waals surface area (Å²) in [5.41, 5.74) is 3.00. The van der Waals surface area contributed by atoms with Crippen molar-refractivity contribution in [3.8, 4) is 0 Å². The Labute approximate surface area is 238 Å². The van der Waals surface area contributed by atoms with Gasteiger partial charge in [0, 0.05) is 19.4 Å². The maximum atomic E-state index is 13.2.